The molecular weight excluding hydrogens is 336 g/mol. The van der Waals surface area contributed by atoms with Gasteiger partial charge in [0.2, 0.25) is 0 Å². The Morgan fingerprint density at radius 1 is 1.25 bits per heavy atom. The Morgan fingerprint density at radius 3 is 2.50 bits per heavy atom. The van der Waals surface area contributed by atoms with Gasteiger partial charge in [-0.1, -0.05) is 19.1 Å². The monoisotopic (exact) mass is 352 g/mol. The number of halogens is 1. The predicted octanol–water partition coefficient (Wildman–Crippen LogP) is 4.15. The number of hydrogen-bond donors (Lipinski definition) is 1. The second-order valence-electron chi connectivity index (χ2n) is 4.57. The molecule has 0 spiro atoms. The summed E-state index contributed by atoms with van der Waals surface area (Å²) in [4.78, 5) is 15.2. The second-order valence-corrected chi connectivity index (χ2v) is 7.04. The smallest absolute Gasteiger partial charge is 0.264 e. The lowest BCUT2D eigenvalue weighted by Gasteiger charge is -2.21. The number of nitrogen functional groups attached to an aromatic ring is 1. The minimum atomic E-state index is 0.0828. The SMILES string of the molecule is CCCN(Cc1ccc(N)cc1)C(=O)c1ccc(Br)s1. The van der Waals surface area contributed by atoms with Crippen LogP contribution in [0.2, 0.25) is 0 Å². The fourth-order valence-corrected chi connectivity index (χ4v) is 3.30. The van der Waals surface area contributed by atoms with Crippen molar-refractivity contribution in [2.24, 2.45) is 0 Å². The summed E-state index contributed by atoms with van der Waals surface area (Å²) in [5, 5.41) is 0. The second kappa shape index (κ2) is 6.90. The maximum Gasteiger partial charge on any atom is 0.264 e. The van der Waals surface area contributed by atoms with Gasteiger partial charge in [-0.15, -0.1) is 11.3 Å². The van der Waals surface area contributed by atoms with Crippen LogP contribution in [0.15, 0.2) is 40.2 Å². The molecule has 1 heterocycles. The number of nitrogens with zero attached hydrogens (tertiary/aromatic N) is 1. The molecule has 0 atom stereocenters. The summed E-state index contributed by atoms with van der Waals surface area (Å²) in [6, 6.07) is 11.4. The van der Waals surface area contributed by atoms with Crippen molar-refractivity contribution in [2.45, 2.75) is 19.9 Å². The molecule has 2 N–H and O–H groups in total. The number of thiophene rings is 1. The van der Waals surface area contributed by atoms with Gasteiger partial charge in [0.1, 0.15) is 0 Å². The van der Waals surface area contributed by atoms with Crippen LogP contribution in [0.4, 0.5) is 5.69 Å². The van der Waals surface area contributed by atoms with Crippen LogP contribution in [-0.4, -0.2) is 17.4 Å². The zero-order valence-electron chi connectivity index (χ0n) is 11.3. The molecule has 0 bridgehead atoms. The molecule has 3 nitrogen and oxygen atoms in total. The largest absolute Gasteiger partial charge is 0.399 e. The Hall–Kier alpha value is -1.33. The fourth-order valence-electron chi connectivity index (χ4n) is 1.95. The summed E-state index contributed by atoms with van der Waals surface area (Å²) < 4.78 is 0.977. The highest BCUT2D eigenvalue weighted by Gasteiger charge is 2.17. The minimum Gasteiger partial charge on any atom is -0.399 e. The van der Waals surface area contributed by atoms with Gasteiger partial charge in [-0.3, -0.25) is 4.79 Å². The van der Waals surface area contributed by atoms with Crippen LogP contribution < -0.4 is 5.73 Å². The van der Waals surface area contributed by atoms with E-state index >= 15 is 0 Å². The lowest BCUT2D eigenvalue weighted by molar-refractivity contribution is 0.0748. The van der Waals surface area contributed by atoms with Crippen molar-refractivity contribution >= 4 is 38.9 Å². The van der Waals surface area contributed by atoms with E-state index in [1.807, 2.05) is 41.3 Å². The third-order valence-corrected chi connectivity index (χ3v) is 4.53. The zero-order chi connectivity index (χ0) is 14.5. The van der Waals surface area contributed by atoms with Gasteiger partial charge in [0.25, 0.3) is 5.91 Å². The number of amides is 1. The molecule has 1 aromatic carbocycles. The van der Waals surface area contributed by atoms with Crippen molar-refractivity contribution in [3.05, 3.63) is 50.6 Å². The summed E-state index contributed by atoms with van der Waals surface area (Å²) in [6.07, 6.45) is 0.938. The van der Waals surface area contributed by atoms with Crippen molar-refractivity contribution in [1.29, 1.82) is 0 Å². The van der Waals surface area contributed by atoms with Crippen LogP contribution >= 0.6 is 27.3 Å². The molecule has 5 heteroatoms. The van der Waals surface area contributed by atoms with Crippen LogP contribution in [0.1, 0.15) is 28.6 Å². The molecule has 1 aromatic heterocycles. The molecule has 2 rings (SSSR count). The third-order valence-electron chi connectivity index (χ3n) is 2.92. The first-order valence-corrected chi connectivity index (χ1v) is 8.10. The average molecular weight is 353 g/mol. The molecule has 0 radical (unpaired) electrons. The fraction of sp³-hybridized carbons (Fsp3) is 0.267. The number of rotatable bonds is 5. The van der Waals surface area contributed by atoms with Gasteiger partial charge in [0.15, 0.2) is 0 Å². The van der Waals surface area contributed by atoms with Gasteiger partial charge >= 0.3 is 0 Å². The van der Waals surface area contributed by atoms with Gasteiger partial charge in [-0.05, 0) is 52.2 Å². The Balaban J connectivity index is 2.14. The van der Waals surface area contributed by atoms with Crippen LogP contribution in [0, 0.1) is 0 Å². The summed E-state index contributed by atoms with van der Waals surface area (Å²) in [5.74, 6) is 0.0828. The van der Waals surface area contributed by atoms with E-state index in [4.69, 9.17) is 5.73 Å². The summed E-state index contributed by atoms with van der Waals surface area (Å²) in [5.41, 5.74) is 7.52. The lowest BCUT2D eigenvalue weighted by Crippen LogP contribution is -2.30. The number of benzene rings is 1. The standard InChI is InChI=1S/C15H17BrN2OS/c1-2-9-18(10-11-3-5-12(17)6-4-11)15(19)13-7-8-14(16)20-13/h3-8H,2,9-10,17H2,1H3. The molecule has 0 saturated heterocycles. The molecule has 0 fully saturated rings. The van der Waals surface area contributed by atoms with Crippen LogP contribution in [0.3, 0.4) is 0 Å². The van der Waals surface area contributed by atoms with Crippen molar-refractivity contribution in [1.82, 2.24) is 4.90 Å². The summed E-state index contributed by atoms with van der Waals surface area (Å²) in [7, 11) is 0. The maximum atomic E-state index is 12.5. The van der Waals surface area contributed by atoms with Crippen LogP contribution in [0.25, 0.3) is 0 Å². The molecular formula is C15H17BrN2OS. The molecule has 1 amide bonds. The maximum absolute atomic E-state index is 12.5. The number of carbonyl (C=O) groups excluding carboxylic acids is 1. The minimum absolute atomic E-state index is 0.0828. The van der Waals surface area contributed by atoms with Gasteiger partial charge in [-0.25, -0.2) is 0 Å². The molecule has 106 valence electrons. The normalized spacial score (nSPS) is 10.5. The van der Waals surface area contributed by atoms with Gasteiger partial charge in [0, 0.05) is 18.8 Å². The number of hydrogen-bond acceptors (Lipinski definition) is 3. The molecule has 0 aliphatic rings. The Labute approximate surface area is 131 Å². The molecule has 0 unspecified atom stereocenters. The van der Waals surface area contributed by atoms with E-state index in [0.29, 0.717) is 6.54 Å². The summed E-state index contributed by atoms with van der Waals surface area (Å²) >= 11 is 4.87. The Kier molecular flexibility index (Phi) is 5.20. The highest BCUT2D eigenvalue weighted by molar-refractivity contribution is 9.11. The number of nitrogens with two attached hydrogens (primary N) is 1. The molecule has 20 heavy (non-hydrogen) atoms. The molecule has 0 aliphatic carbocycles. The zero-order valence-corrected chi connectivity index (χ0v) is 13.7. The van der Waals surface area contributed by atoms with E-state index in [2.05, 4.69) is 22.9 Å². The van der Waals surface area contributed by atoms with E-state index in [-0.39, 0.29) is 5.91 Å². The van der Waals surface area contributed by atoms with Gasteiger partial charge < -0.3 is 10.6 Å². The van der Waals surface area contributed by atoms with Crippen LogP contribution in [-0.2, 0) is 6.54 Å². The first-order valence-electron chi connectivity index (χ1n) is 6.49. The van der Waals surface area contributed by atoms with Crippen molar-refractivity contribution in [2.75, 3.05) is 12.3 Å². The average Bonchev–Trinajstić information content (AvgIpc) is 2.86. The van der Waals surface area contributed by atoms with E-state index in [1.165, 1.54) is 11.3 Å². The Bertz CT molecular complexity index is 580. The van der Waals surface area contributed by atoms with E-state index in [1.54, 1.807) is 0 Å². The number of anilines is 1. The first-order chi connectivity index (χ1) is 9.60. The van der Waals surface area contributed by atoms with Gasteiger partial charge in [-0.2, -0.15) is 0 Å². The molecule has 0 aliphatic heterocycles. The predicted molar refractivity (Wildman–Crippen MR) is 87.9 cm³/mol. The Morgan fingerprint density at radius 2 is 1.95 bits per heavy atom. The first kappa shape index (κ1) is 15.1. The topological polar surface area (TPSA) is 46.3 Å². The van der Waals surface area contributed by atoms with E-state index in [0.717, 1.165) is 32.9 Å². The highest BCUT2D eigenvalue weighted by Crippen LogP contribution is 2.24. The third kappa shape index (κ3) is 3.84. The summed E-state index contributed by atoms with van der Waals surface area (Å²) in [6.45, 7) is 3.44. The van der Waals surface area contributed by atoms with Crippen molar-refractivity contribution < 1.29 is 4.79 Å². The molecule has 0 saturated carbocycles. The number of carbonyl (C=O) groups is 1. The van der Waals surface area contributed by atoms with Gasteiger partial charge in [0.05, 0.1) is 8.66 Å². The molecule has 2 aromatic rings. The van der Waals surface area contributed by atoms with Crippen molar-refractivity contribution in [3.63, 3.8) is 0 Å². The van der Waals surface area contributed by atoms with E-state index in [9.17, 15) is 4.79 Å². The quantitative estimate of drug-likeness (QED) is 0.821. The highest BCUT2D eigenvalue weighted by atomic mass is 79.9. The van der Waals surface area contributed by atoms with Crippen LogP contribution in [0.5, 0.6) is 0 Å². The van der Waals surface area contributed by atoms with E-state index < -0.39 is 0 Å². The van der Waals surface area contributed by atoms with Crippen molar-refractivity contribution in [3.8, 4) is 0 Å². The lowest BCUT2D eigenvalue weighted by atomic mass is 10.2.